The summed E-state index contributed by atoms with van der Waals surface area (Å²) in [7, 11) is 0. The van der Waals surface area contributed by atoms with Crippen LogP contribution in [0.25, 0.3) is 0 Å². The Balaban J connectivity index is 2.44. The average molecular weight is 369 g/mol. The van der Waals surface area contributed by atoms with Crippen molar-refractivity contribution in [2.45, 2.75) is 13.0 Å². The molecule has 0 radical (unpaired) electrons. The van der Waals surface area contributed by atoms with Gasteiger partial charge in [0.25, 0.3) is 0 Å². The van der Waals surface area contributed by atoms with Crippen molar-refractivity contribution in [3.05, 3.63) is 68.6 Å². The minimum Gasteiger partial charge on any atom is -0.306 e. The molecule has 1 nitrogen and oxygen atoms in total. The van der Waals surface area contributed by atoms with Crippen LogP contribution >= 0.6 is 31.9 Å². The highest BCUT2D eigenvalue weighted by atomic mass is 79.9. The van der Waals surface area contributed by atoms with E-state index in [1.54, 1.807) is 0 Å². The van der Waals surface area contributed by atoms with Crippen LogP contribution in [-0.4, -0.2) is 6.54 Å². The lowest BCUT2D eigenvalue weighted by Gasteiger charge is -2.20. The quantitative estimate of drug-likeness (QED) is 0.808. The molecular formula is C15H15Br2N. The topological polar surface area (TPSA) is 12.0 Å². The predicted octanol–water partition coefficient (Wildman–Crippen LogP) is 4.91. The maximum Gasteiger partial charge on any atom is 0.0588 e. The lowest BCUT2D eigenvalue weighted by atomic mass is 9.99. The summed E-state index contributed by atoms with van der Waals surface area (Å²) in [5.74, 6) is 0. The van der Waals surface area contributed by atoms with Gasteiger partial charge in [0, 0.05) is 8.95 Å². The van der Waals surface area contributed by atoms with Gasteiger partial charge in [-0.15, -0.1) is 0 Å². The van der Waals surface area contributed by atoms with Gasteiger partial charge in [0.2, 0.25) is 0 Å². The van der Waals surface area contributed by atoms with Gasteiger partial charge in [-0.1, -0.05) is 69.1 Å². The Kier molecular flexibility index (Phi) is 4.98. The predicted molar refractivity (Wildman–Crippen MR) is 83.8 cm³/mol. The first kappa shape index (κ1) is 13.8. The van der Waals surface area contributed by atoms with Crippen molar-refractivity contribution in [2.24, 2.45) is 0 Å². The molecule has 0 aliphatic carbocycles. The molecule has 1 N–H and O–H groups in total. The number of rotatable bonds is 4. The van der Waals surface area contributed by atoms with E-state index in [1.165, 1.54) is 11.1 Å². The summed E-state index contributed by atoms with van der Waals surface area (Å²) in [6, 6.07) is 17.0. The van der Waals surface area contributed by atoms with Gasteiger partial charge in [0.05, 0.1) is 6.04 Å². The van der Waals surface area contributed by atoms with Crippen LogP contribution in [0.2, 0.25) is 0 Å². The summed E-state index contributed by atoms with van der Waals surface area (Å²) in [6.07, 6.45) is 0. The fraction of sp³-hybridized carbons (Fsp3) is 0.200. The second-order valence-corrected chi connectivity index (χ2v) is 5.84. The Labute approximate surface area is 125 Å². The van der Waals surface area contributed by atoms with Gasteiger partial charge in [-0.05, 0) is 35.9 Å². The van der Waals surface area contributed by atoms with E-state index in [0.717, 1.165) is 15.5 Å². The fourth-order valence-corrected chi connectivity index (χ4v) is 2.85. The van der Waals surface area contributed by atoms with E-state index in [9.17, 15) is 0 Å². The summed E-state index contributed by atoms with van der Waals surface area (Å²) in [5, 5.41) is 3.53. The van der Waals surface area contributed by atoms with Crippen LogP contribution in [0.4, 0.5) is 0 Å². The molecule has 3 heteroatoms. The highest BCUT2D eigenvalue weighted by molar-refractivity contribution is 9.11. The zero-order chi connectivity index (χ0) is 13.0. The van der Waals surface area contributed by atoms with Crippen LogP contribution in [0, 0.1) is 0 Å². The standard InChI is InChI=1S/C15H15Br2N/c1-2-18-15(11-6-4-3-5-7-11)13-10-12(16)8-9-14(13)17/h3-10,15,18H,2H2,1H3. The maximum absolute atomic E-state index is 3.64. The summed E-state index contributed by atoms with van der Waals surface area (Å²) in [5.41, 5.74) is 2.52. The largest absolute Gasteiger partial charge is 0.306 e. The monoisotopic (exact) mass is 367 g/mol. The van der Waals surface area contributed by atoms with Crippen LogP contribution in [0.15, 0.2) is 57.5 Å². The first-order chi connectivity index (χ1) is 8.72. The molecule has 18 heavy (non-hydrogen) atoms. The number of halogens is 2. The fourth-order valence-electron chi connectivity index (χ4n) is 1.99. The summed E-state index contributed by atoms with van der Waals surface area (Å²) in [4.78, 5) is 0. The molecule has 0 saturated carbocycles. The maximum atomic E-state index is 3.64. The van der Waals surface area contributed by atoms with E-state index >= 15 is 0 Å². The molecule has 0 saturated heterocycles. The van der Waals surface area contributed by atoms with Gasteiger partial charge in [-0.2, -0.15) is 0 Å². The lowest BCUT2D eigenvalue weighted by molar-refractivity contribution is 0.628. The Morgan fingerprint density at radius 1 is 1.06 bits per heavy atom. The molecule has 0 amide bonds. The van der Waals surface area contributed by atoms with Gasteiger partial charge in [0.15, 0.2) is 0 Å². The molecule has 2 rings (SSSR count). The minimum atomic E-state index is 0.211. The summed E-state index contributed by atoms with van der Waals surface area (Å²) >= 11 is 7.18. The van der Waals surface area contributed by atoms with Crippen molar-refractivity contribution in [1.82, 2.24) is 5.32 Å². The van der Waals surface area contributed by atoms with E-state index in [1.807, 2.05) is 12.1 Å². The molecule has 94 valence electrons. The summed E-state index contributed by atoms with van der Waals surface area (Å²) < 4.78 is 2.22. The van der Waals surface area contributed by atoms with Crippen LogP contribution in [-0.2, 0) is 0 Å². The molecule has 0 aromatic heterocycles. The van der Waals surface area contributed by atoms with E-state index in [-0.39, 0.29) is 6.04 Å². The first-order valence-corrected chi connectivity index (χ1v) is 7.54. The van der Waals surface area contributed by atoms with Crippen molar-refractivity contribution >= 4 is 31.9 Å². The smallest absolute Gasteiger partial charge is 0.0588 e. The second kappa shape index (κ2) is 6.50. The molecule has 1 unspecified atom stereocenters. The Bertz CT molecular complexity index is 511. The lowest BCUT2D eigenvalue weighted by Crippen LogP contribution is -2.22. The third-order valence-corrected chi connectivity index (χ3v) is 4.03. The SMILES string of the molecule is CCNC(c1ccccc1)c1cc(Br)ccc1Br. The number of hydrogen-bond acceptors (Lipinski definition) is 1. The van der Waals surface area contributed by atoms with Gasteiger partial charge in [-0.25, -0.2) is 0 Å². The van der Waals surface area contributed by atoms with Crippen molar-refractivity contribution in [2.75, 3.05) is 6.54 Å². The van der Waals surface area contributed by atoms with Crippen LogP contribution in [0.1, 0.15) is 24.1 Å². The molecular weight excluding hydrogens is 354 g/mol. The van der Waals surface area contributed by atoms with Crippen LogP contribution < -0.4 is 5.32 Å². The molecule has 0 heterocycles. The second-order valence-electron chi connectivity index (χ2n) is 4.07. The van der Waals surface area contributed by atoms with Crippen molar-refractivity contribution in [3.8, 4) is 0 Å². The zero-order valence-corrected chi connectivity index (χ0v) is 13.3. The Hall–Kier alpha value is -0.640. The van der Waals surface area contributed by atoms with Crippen LogP contribution in [0.5, 0.6) is 0 Å². The Morgan fingerprint density at radius 2 is 1.78 bits per heavy atom. The van der Waals surface area contributed by atoms with E-state index in [4.69, 9.17) is 0 Å². The van der Waals surface area contributed by atoms with Crippen molar-refractivity contribution < 1.29 is 0 Å². The third-order valence-electron chi connectivity index (χ3n) is 2.81. The molecule has 0 spiro atoms. The number of hydrogen-bond donors (Lipinski definition) is 1. The normalized spacial score (nSPS) is 12.4. The van der Waals surface area contributed by atoms with E-state index < -0.39 is 0 Å². The molecule has 2 aromatic carbocycles. The van der Waals surface area contributed by atoms with E-state index in [0.29, 0.717) is 0 Å². The molecule has 0 bridgehead atoms. The molecule has 0 aliphatic heterocycles. The Morgan fingerprint density at radius 3 is 2.44 bits per heavy atom. The molecule has 1 atom stereocenters. The minimum absolute atomic E-state index is 0.211. The number of benzene rings is 2. The molecule has 0 aliphatic rings. The number of nitrogens with one attached hydrogen (secondary N) is 1. The van der Waals surface area contributed by atoms with E-state index in [2.05, 4.69) is 80.5 Å². The van der Waals surface area contributed by atoms with Crippen molar-refractivity contribution in [1.29, 1.82) is 0 Å². The van der Waals surface area contributed by atoms with Gasteiger partial charge in [-0.3, -0.25) is 0 Å². The van der Waals surface area contributed by atoms with Gasteiger partial charge < -0.3 is 5.32 Å². The van der Waals surface area contributed by atoms with Gasteiger partial charge in [0.1, 0.15) is 0 Å². The zero-order valence-electron chi connectivity index (χ0n) is 10.2. The summed E-state index contributed by atoms with van der Waals surface area (Å²) in [6.45, 7) is 3.06. The van der Waals surface area contributed by atoms with Crippen molar-refractivity contribution in [3.63, 3.8) is 0 Å². The highest BCUT2D eigenvalue weighted by Gasteiger charge is 2.15. The van der Waals surface area contributed by atoms with Gasteiger partial charge >= 0.3 is 0 Å². The molecule has 0 fully saturated rings. The molecule has 2 aromatic rings. The van der Waals surface area contributed by atoms with Crippen LogP contribution in [0.3, 0.4) is 0 Å². The third kappa shape index (κ3) is 3.22. The average Bonchev–Trinajstić information content (AvgIpc) is 2.40. The highest BCUT2D eigenvalue weighted by Crippen LogP contribution is 2.30. The first-order valence-electron chi connectivity index (χ1n) is 5.95.